The predicted molar refractivity (Wildman–Crippen MR) is 101 cm³/mol. The maximum atomic E-state index is 12.6. The fourth-order valence-corrected chi connectivity index (χ4v) is 2.76. The van der Waals surface area contributed by atoms with Crippen LogP contribution in [-0.4, -0.2) is 33.0 Å². The number of hydrogen-bond acceptors (Lipinski definition) is 5. The van der Waals surface area contributed by atoms with Gasteiger partial charge in [-0.3, -0.25) is 19.2 Å². The van der Waals surface area contributed by atoms with Crippen molar-refractivity contribution >= 4 is 11.8 Å². The van der Waals surface area contributed by atoms with Gasteiger partial charge in [-0.05, 0) is 12.0 Å². The Morgan fingerprint density at radius 1 is 1.33 bits per heavy atom. The lowest BCUT2D eigenvalue weighted by molar-refractivity contribution is -0.126. The van der Waals surface area contributed by atoms with Gasteiger partial charge in [-0.25, -0.2) is 0 Å². The topological polar surface area (TPSA) is 105 Å². The lowest BCUT2D eigenvalue weighted by Gasteiger charge is -2.31. The molecule has 2 amide bonds. The fraction of sp³-hybridized carbons (Fsp3) is 0.211. The zero-order valence-corrected chi connectivity index (χ0v) is 15.1. The molecule has 1 aromatic heterocycles. The summed E-state index contributed by atoms with van der Waals surface area (Å²) in [4.78, 5) is 26.6. The van der Waals surface area contributed by atoms with E-state index in [0.717, 1.165) is 12.0 Å². The molecule has 8 heteroatoms. The van der Waals surface area contributed by atoms with Crippen LogP contribution in [0.15, 0.2) is 66.6 Å². The molecule has 0 spiro atoms. The van der Waals surface area contributed by atoms with Crippen LogP contribution in [-0.2, 0) is 11.3 Å². The molecule has 2 aromatic rings. The van der Waals surface area contributed by atoms with Crippen LogP contribution in [0.5, 0.6) is 0 Å². The molecular formula is C19H22N6O2. The molecule has 0 radical (unpaired) electrons. The van der Waals surface area contributed by atoms with Gasteiger partial charge in [-0.1, -0.05) is 43.8 Å². The lowest BCUT2D eigenvalue weighted by Crippen LogP contribution is -2.49. The van der Waals surface area contributed by atoms with E-state index in [9.17, 15) is 9.59 Å². The van der Waals surface area contributed by atoms with E-state index < -0.39 is 5.91 Å². The number of hydrogen-bond donors (Lipinski definition) is 3. The van der Waals surface area contributed by atoms with Gasteiger partial charge < -0.3 is 16.4 Å². The number of nitrogens with one attached hydrogen (secondary N) is 2. The summed E-state index contributed by atoms with van der Waals surface area (Å²) in [7, 11) is 0. The SMILES string of the molecule is C=C1NC(N)=C(NC(=O)c2cnn(Cc3ccccc3)c2)C(=O)N1CCC. The van der Waals surface area contributed by atoms with E-state index in [-0.39, 0.29) is 17.4 Å². The molecule has 0 fully saturated rings. The maximum Gasteiger partial charge on any atom is 0.279 e. The number of carbonyl (C=O) groups is 2. The molecule has 27 heavy (non-hydrogen) atoms. The lowest BCUT2D eigenvalue weighted by atomic mass is 10.2. The summed E-state index contributed by atoms with van der Waals surface area (Å²) in [5.74, 6) is -0.370. The highest BCUT2D eigenvalue weighted by Gasteiger charge is 2.29. The van der Waals surface area contributed by atoms with Gasteiger partial charge >= 0.3 is 0 Å². The van der Waals surface area contributed by atoms with Crippen molar-refractivity contribution < 1.29 is 9.59 Å². The van der Waals surface area contributed by atoms with E-state index >= 15 is 0 Å². The highest BCUT2D eigenvalue weighted by molar-refractivity contribution is 6.04. The van der Waals surface area contributed by atoms with Crippen LogP contribution in [0.1, 0.15) is 29.3 Å². The minimum atomic E-state index is -0.452. The summed E-state index contributed by atoms with van der Waals surface area (Å²) in [6, 6.07) is 9.79. The Bertz CT molecular complexity index is 900. The minimum absolute atomic E-state index is 0.0108. The molecular weight excluding hydrogens is 344 g/mol. The average Bonchev–Trinajstić information content (AvgIpc) is 3.11. The summed E-state index contributed by atoms with van der Waals surface area (Å²) in [5, 5.41) is 9.61. The second-order valence-electron chi connectivity index (χ2n) is 6.18. The van der Waals surface area contributed by atoms with Gasteiger partial charge in [0, 0.05) is 12.7 Å². The van der Waals surface area contributed by atoms with Gasteiger partial charge in [-0.15, -0.1) is 0 Å². The largest absolute Gasteiger partial charge is 0.383 e. The van der Waals surface area contributed by atoms with Crippen molar-refractivity contribution in [3.8, 4) is 0 Å². The Hall–Kier alpha value is -3.55. The van der Waals surface area contributed by atoms with Crippen LogP contribution in [0, 0.1) is 0 Å². The number of nitrogens with zero attached hydrogens (tertiary/aromatic N) is 3. The third-order valence-corrected chi connectivity index (χ3v) is 4.10. The number of benzene rings is 1. The van der Waals surface area contributed by atoms with E-state index in [1.54, 1.807) is 10.9 Å². The third-order valence-electron chi connectivity index (χ3n) is 4.10. The molecule has 4 N–H and O–H groups in total. The minimum Gasteiger partial charge on any atom is -0.383 e. The molecule has 140 valence electrons. The van der Waals surface area contributed by atoms with Gasteiger partial charge in [0.25, 0.3) is 11.8 Å². The van der Waals surface area contributed by atoms with Crippen LogP contribution in [0.25, 0.3) is 0 Å². The summed E-state index contributed by atoms with van der Waals surface area (Å²) in [6.07, 6.45) is 3.83. The number of carbonyl (C=O) groups excluding carboxylic acids is 2. The van der Waals surface area contributed by atoms with Crippen LogP contribution >= 0.6 is 0 Å². The Balaban J connectivity index is 1.72. The van der Waals surface area contributed by atoms with Crippen LogP contribution in [0.4, 0.5) is 0 Å². The van der Waals surface area contributed by atoms with E-state index in [1.807, 2.05) is 37.3 Å². The number of rotatable bonds is 6. The summed E-state index contributed by atoms with van der Waals surface area (Å²) < 4.78 is 1.66. The first kappa shape index (κ1) is 18.2. The first-order valence-electron chi connectivity index (χ1n) is 8.65. The van der Waals surface area contributed by atoms with Crippen molar-refractivity contribution in [3.05, 3.63) is 77.8 Å². The molecule has 0 bridgehead atoms. The van der Waals surface area contributed by atoms with Gasteiger partial charge in [0.1, 0.15) is 17.3 Å². The zero-order valence-electron chi connectivity index (χ0n) is 15.1. The van der Waals surface area contributed by atoms with Crippen LogP contribution in [0.3, 0.4) is 0 Å². The summed E-state index contributed by atoms with van der Waals surface area (Å²) in [6.45, 7) is 6.75. The predicted octanol–water partition coefficient (Wildman–Crippen LogP) is 1.10. The molecule has 0 aliphatic carbocycles. The molecule has 0 saturated carbocycles. The second-order valence-corrected chi connectivity index (χ2v) is 6.18. The Morgan fingerprint density at radius 2 is 2.07 bits per heavy atom. The number of aromatic nitrogens is 2. The fourth-order valence-electron chi connectivity index (χ4n) is 2.76. The molecule has 2 heterocycles. The Morgan fingerprint density at radius 3 is 2.78 bits per heavy atom. The van der Waals surface area contributed by atoms with Gasteiger partial charge in [-0.2, -0.15) is 5.10 Å². The Labute approximate surface area is 157 Å². The standard InChI is InChI=1S/C19H22N6O2/c1-3-9-25-13(2)22-17(20)16(19(25)27)23-18(26)15-10-21-24(12-15)11-14-7-5-4-6-8-14/h4-8,10,12,22H,2-3,9,11,20H2,1H3,(H,23,26). The number of nitrogens with two attached hydrogens (primary N) is 1. The van der Waals surface area contributed by atoms with E-state index in [0.29, 0.717) is 24.5 Å². The summed E-state index contributed by atoms with van der Waals surface area (Å²) >= 11 is 0. The molecule has 1 aliphatic rings. The second kappa shape index (κ2) is 7.77. The summed E-state index contributed by atoms with van der Waals surface area (Å²) in [5.41, 5.74) is 7.30. The quantitative estimate of drug-likeness (QED) is 0.710. The Kier molecular flexibility index (Phi) is 5.25. The first-order chi connectivity index (χ1) is 13.0. The van der Waals surface area contributed by atoms with E-state index in [4.69, 9.17) is 5.73 Å². The molecule has 0 unspecified atom stereocenters. The van der Waals surface area contributed by atoms with Crippen molar-refractivity contribution in [2.24, 2.45) is 5.73 Å². The van der Waals surface area contributed by atoms with Crippen molar-refractivity contribution in [3.63, 3.8) is 0 Å². The van der Waals surface area contributed by atoms with E-state index in [1.165, 1.54) is 11.1 Å². The van der Waals surface area contributed by atoms with Gasteiger partial charge in [0.2, 0.25) is 0 Å². The highest BCUT2D eigenvalue weighted by Crippen LogP contribution is 2.14. The molecule has 1 aliphatic heterocycles. The van der Waals surface area contributed by atoms with Crippen LogP contribution in [0.2, 0.25) is 0 Å². The molecule has 1 aromatic carbocycles. The van der Waals surface area contributed by atoms with Crippen molar-refractivity contribution in [2.75, 3.05) is 6.54 Å². The molecule has 0 atom stereocenters. The molecule has 0 saturated heterocycles. The van der Waals surface area contributed by atoms with Crippen LogP contribution < -0.4 is 16.4 Å². The van der Waals surface area contributed by atoms with Gasteiger partial charge in [0.05, 0.1) is 18.3 Å². The number of amides is 2. The molecule has 3 rings (SSSR count). The van der Waals surface area contributed by atoms with Gasteiger partial charge in [0.15, 0.2) is 0 Å². The smallest absolute Gasteiger partial charge is 0.279 e. The van der Waals surface area contributed by atoms with Crippen molar-refractivity contribution in [1.82, 2.24) is 25.3 Å². The maximum absolute atomic E-state index is 12.6. The average molecular weight is 366 g/mol. The monoisotopic (exact) mass is 366 g/mol. The first-order valence-corrected chi connectivity index (χ1v) is 8.65. The normalized spacial score (nSPS) is 14.3. The highest BCUT2D eigenvalue weighted by atomic mass is 16.2. The third kappa shape index (κ3) is 4.00. The van der Waals surface area contributed by atoms with E-state index in [2.05, 4.69) is 22.3 Å². The molecule has 8 nitrogen and oxygen atoms in total. The van der Waals surface area contributed by atoms with Crippen molar-refractivity contribution in [1.29, 1.82) is 0 Å². The zero-order chi connectivity index (χ0) is 19.4. The van der Waals surface area contributed by atoms with Crippen molar-refractivity contribution in [2.45, 2.75) is 19.9 Å².